The van der Waals surface area contributed by atoms with Crippen molar-refractivity contribution in [3.63, 3.8) is 0 Å². The van der Waals surface area contributed by atoms with Crippen molar-refractivity contribution in [1.29, 1.82) is 0 Å². The second-order valence-corrected chi connectivity index (χ2v) is 8.02. The molecule has 1 aromatic rings. The van der Waals surface area contributed by atoms with E-state index in [4.69, 9.17) is 4.74 Å². The van der Waals surface area contributed by atoms with Gasteiger partial charge in [-0.25, -0.2) is 0 Å². The lowest BCUT2D eigenvalue weighted by atomic mass is 9.87. The predicted octanol–water partition coefficient (Wildman–Crippen LogP) is 1.23. The van der Waals surface area contributed by atoms with Gasteiger partial charge >= 0.3 is 0 Å². The number of fused-ring (bicyclic) bond motifs is 2. The van der Waals surface area contributed by atoms with Crippen molar-refractivity contribution in [2.75, 3.05) is 45.9 Å². The molecular formula is C20H27N3O2. The van der Waals surface area contributed by atoms with Gasteiger partial charge in [-0.15, -0.1) is 0 Å². The molecule has 4 aliphatic rings. The number of amides is 1. The van der Waals surface area contributed by atoms with Crippen LogP contribution in [0.3, 0.4) is 0 Å². The van der Waals surface area contributed by atoms with E-state index in [0.717, 1.165) is 70.9 Å². The fraction of sp³-hybridized carbons (Fsp3) is 0.650. The van der Waals surface area contributed by atoms with Gasteiger partial charge in [-0.1, -0.05) is 18.2 Å². The third-order valence-corrected chi connectivity index (χ3v) is 6.75. The summed E-state index contributed by atoms with van der Waals surface area (Å²) < 4.78 is 5.81. The largest absolute Gasteiger partial charge is 0.493 e. The third kappa shape index (κ3) is 2.56. The molecule has 1 aliphatic carbocycles. The van der Waals surface area contributed by atoms with Crippen LogP contribution in [0.5, 0.6) is 5.75 Å². The monoisotopic (exact) mass is 341 g/mol. The number of hydrogen-bond donors (Lipinski definition) is 1. The van der Waals surface area contributed by atoms with Gasteiger partial charge in [-0.2, -0.15) is 0 Å². The average Bonchev–Trinajstić information content (AvgIpc) is 3.16. The van der Waals surface area contributed by atoms with E-state index in [0.29, 0.717) is 11.9 Å². The minimum Gasteiger partial charge on any atom is -0.493 e. The summed E-state index contributed by atoms with van der Waals surface area (Å²) in [7, 11) is 0. The Bertz CT molecular complexity index is 673. The zero-order valence-electron chi connectivity index (χ0n) is 14.7. The molecule has 25 heavy (non-hydrogen) atoms. The van der Waals surface area contributed by atoms with Gasteiger partial charge in [0.15, 0.2) is 0 Å². The molecule has 1 aromatic carbocycles. The second kappa shape index (κ2) is 5.99. The summed E-state index contributed by atoms with van der Waals surface area (Å²) in [4.78, 5) is 17.9. The Morgan fingerprint density at radius 2 is 2.04 bits per heavy atom. The standard InChI is InChI=1S/C20H27N3O2/c24-19(23-9-5-15(14-23)22-10-7-21-8-11-22)17-13-20(17)6-12-25-18-4-2-1-3-16(18)20/h1-4,15,17,21H,5-14H2. The van der Waals surface area contributed by atoms with Crippen molar-refractivity contribution >= 4 is 5.91 Å². The van der Waals surface area contributed by atoms with E-state index >= 15 is 0 Å². The number of benzene rings is 1. The number of likely N-dealkylation sites (tertiary alicyclic amines) is 1. The molecule has 2 saturated heterocycles. The molecule has 1 amide bonds. The molecule has 3 heterocycles. The molecule has 0 aromatic heterocycles. The predicted molar refractivity (Wildman–Crippen MR) is 95.8 cm³/mol. The van der Waals surface area contributed by atoms with Gasteiger partial charge in [-0.05, 0) is 25.3 Å². The van der Waals surface area contributed by atoms with E-state index < -0.39 is 0 Å². The van der Waals surface area contributed by atoms with Gasteiger partial charge in [-0.3, -0.25) is 9.69 Å². The summed E-state index contributed by atoms with van der Waals surface area (Å²) in [6, 6.07) is 8.87. The van der Waals surface area contributed by atoms with Crippen LogP contribution in [0.25, 0.3) is 0 Å². The van der Waals surface area contributed by atoms with Gasteiger partial charge in [0.25, 0.3) is 0 Å². The summed E-state index contributed by atoms with van der Waals surface area (Å²) in [5, 5.41) is 3.41. The average molecular weight is 341 g/mol. The van der Waals surface area contributed by atoms with Gasteiger partial charge in [0, 0.05) is 62.2 Å². The van der Waals surface area contributed by atoms with Crippen molar-refractivity contribution in [3.8, 4) is 5.75 Å². The minimum atomic E-state index is 0.0546. The Kier molecular flexibility index (Phi) is 3.75. The summed E-state index contributed by atoms with van der Waals surface area (Å²) in [6.45, 7) is 6.97. The molecule has 1 saturated carbocycles. The molecule has 1 N–H and O–H groups in total. The molecule has 0 bridgehead atoms. The molecule has 3 atom stereocenters. The number of piperazine rings is 1. The van der Waals surface area contributed by atoms with Crippen LogP contribution in [0.2, 0.25) is 0 Å². The number of ether oxygens (including phenoxy) is 1. The van der Waals surface area contributed by atoms with E-state index in [2.05, 4.69) is 27.2 Å². The van der Waals surface area contributed by atoms with Crippen LogP contribution in [0.1, 0.15) is 24.8 Å². The molecule has 3 unspecified atom stereocenters. The van der Waals surface area contributed by atoms with Gasteiger partial charge in [0.1, 0.15) is 5.75 Å². The maximum atomic E-state index is 13.2. The summed E-state index contributed by atoms with van der Waals surface area (Å²) >= 11 is 0. The Balaban J connectivity index is 1.28. The van der Waals surface area contributed by atoms with Crippen molar-refractivity contribution in [1.82, 2.24) is 15.1 Å². The highest BCUT2D eigenvalue weighted by Crippen LogP contribution is 2.61. The van der Waals surface area contributed by atoms with Gasteiger partial charge < -0.3 is 15.0 Å². The van der Waals surface area contributed by atoms with E-state index in [1.54, 1.807) is 0 Å². The lowest BCUT2D eigenvalue weighted by Crippen LogP contribution is -2.49. The molecule has 5 rings (SSSR count). The van der Waals surface area contributed by atoms with Crippen molar-refractivity contribution < 1.29 is 9.53 Å². The second-order valence-electron chi connectivity index (χ2n) is 8.02. The summed E-state index contributed by atoms with van der Waals surface area (Å²) in [6.07, 6.45) is 3.11. The smallest absolute Gasteiger partial charge is 0.226 e. The minimum absolute atomic E-state index is 0.0546. The Morgan fingerprint density at radius 1 is 1.20 bits per heavy atom. The Morgan fingerprint density at radius 3 is 2.92 bits per heavy atom. The first kappa shape index (κ1) is 15.6. The topological polar surface area (TPSA) is 44.8 Å². The Hall–Kier alpha value is -1.59. The summed E-state index contributed by atoms with van der Waals surface area (Å²) in [5.41, 5.74) is 1.32. The third-order valence-electron chi connectivity index (χ3n) is 6.75. The summed E-state index contributed by atoms with van der Waals surface area (Å²) in [5.74, 6) is 1.54. The fourth-order valence-corrected chi connectivity index (χ4v) is 5.19. The maximum Gasteiger partial charge on any atom is 0.226 e. The van der Waals surface area contributed by atoms with Crippen LogP contribution >= 0.6 is 0 Å². The van der Waals surface area contributed by atoms with Gasteiger partial charge in [0.05, 0.1) is 6.61 Å². The fourth-order valence-electron chi connectivity index (χ4n) is 5.19. The first-order chi connectivity index (χ1) is 12.3. The van der Waals surface area contributed by atoms with E-state index in [-0.39, 0.29) is 11.3 Å². The lowest BCUT2D eigenvalue weighted by Gasteiger charge is -2.32. The number of hydrogen-bond acceptors (Lipinski definition) is 4. The molecule has 5 nitrogen and oxygen atoms in total. The van der Waals surface area contributed by atoms with Crippen LogP contribution in [-0.2, 0) is 10.2 Å². The zero-order chi connectivity index (χ0) is 16.9. The van der Waals surface area contributed by atoms with Crippen LogP contribution in [-0.4, -0.2) is 67.6 Å². The number of nitrogens with zero attached hydrogens (tertiary/aromatic N) is 2. The maximum absolute atomic E-state index is 13.2. The van der Waals surface area contributed by atoms with Crippen molar-refractivity contribution in [2.24, 2.45) is 5.92 Å². The van der Waals surface area contributed by atoms with Gasteiger partial charge in [0.2, 0.25) is 5.91 Å². The molecule has 1 spiro atoms. The van der Waals surface area contributed by atoms with Crippen LogP contribution in [0.4, 0.5) is 0 Å². The number of rotatable bonds is 2. The first-order valence-electron chi connectivity index (χ1n) is 9.74. The molecule has 0 radical (unpaired) electrons. The van der Waals surface area contributed by atoms with E-state index in [9.17, 15) is 4.79 Å². The molecule has 3 aliphatic heterocycles. The zero-order valence-corrected chi connectivity index (χ0v) is 14.7. The molecule has 3 fully saturated rings. The molecular weight excluding hydrogens is 314 g/mol. The van der Waals surface area contributed by atoms with E-state index in [1.807, 2.05) is 12.1 Å². The molecule has 134 valence electrons. The molecule has 5 heteroatoms. The number of carbonyl (C=O) groups is 1. The lowest BCUT2D eigenvalue weighted by molar-refractivity contribution is -0.132. The highest BCUT2D eigenvalue weighted by Gasteiger charge is 2.62. The number of para-hydroxylation sites is 1. The number of carbonyl (C=O) groups excluding carboxylic acids is 1. The SMILES string of the molecule is O=C(C1CC12CCOc1ccccc12)N1CCC(N2CCNCC2)C1. The first-order valence-corrected chi connectivity index (χ1v) is 9.74. The van der Waals surface area contributed by atoms with E-state index in [1.165, 1.54) is 5.56 Å². The Labute approximate surface area is 149 Å². The van der Waals surface area contributed by atoms with Crippen LogP contribution in [0.15, 0.2) is 24.3 Å². The van der Waals surface area contributed by atoms with Crippen LogP contribution < -0.4 is 10.1 Å². The van der Waals surface area contributed by atoms with Crippen molar-refractivity contribution in [3.05, 3.63) is 29.8 Å². The quantitative estimate of drug-likeness (QED) is 0.879. The number of nitrogens with one attached hydrogen (secondary N) is 1. The van der Waals surface area contributed by atoms with Crippen LogP contribution in [0, 0.1) is 5.92 Å². The highest BCUT2D eigenvalue weighted by molar-refractivity contribution is 5.85. The highest BCUT2D eigenvalue weighted by atomic mass is 16.5. The normalized spacial score (nSPS) is 34.6. The van der Waals surface area contributed by atoms with Crippen molar-refractivity contribution in [2.45, 2.75) is 30.7 Å².